The van der Waals surface area contributed by atoms with Gasteiger partial charge in [-0.2, -0.15) is 0 Å². The van der Waals surface area contributed by atoms with E-state index in [-0.39, 0.29) is 17.7 Å². The zero-order valence-corrected chi connectivity index (χ0v) is 19.5. The van der Waals surface area contributed by atoms with Crippen LogP contribution in [0.3, 0.4) is 0 Å². The minimum absolute atomic E-state index is 0.0367. The number of nitrogens with zero attached hydrogens (tertiary/aromatic N) is 2. The molecule has 0 bridgehead atoms. The first-order valence-electron chi connectivity index (χ1n) is 12.4. The maximum absolute atomic E-state index is 13.4. The van der Waals surface area contributed by atoms with Crippen LogP contribution in [0.4, 0.5) is 5.69 Å². The number of para-hydroxylation sites is 1. The van der Waals surface area contributed by atoms with Gasteiger partial charge in [0.15, 0.2) is 0 Å². The van der Waals surface area contributed by atoms with Gasteiger partial charge in [0.25, 0.3) is 0 Å². The quantitative estimate of drug-likeness (QED) is 0.738. The third-order valence-electron chi connectivity index (χ3n) is 7.98. The first-order valence-corrected chi connectivity index (χ1v) is 12.4. The molecule has 2 fully saturated rings. The Morgan fingerprint density at radius 2 is 1.71 bits per heavy atom. The summed E-state index contributed by atoms with van der Waals surface area (Å²) in [5.74, 6) is 1.77. The molecule has 0 radical (unpaired) electrons. The number of amides is 2. The molecule has 1 aliphatic carbocycles. The van der Waals surface area contributed by atoms with Gasteiger partial charge in [-0.25, -0.2) is 0 Å². The van der Waals surface area contributed by atoms with Gasteiger partial charge < -0.3 is 15.1 Å². The molecule has 5 nitrogen and oxygen atoms in total. The molecule has 4 rings (SSSR count). The highest BCUT2D eigenvalue weighted by Crippen LogP contribution is 2.42. The molecule has 31 heavy (non-hydrogen) atoms. The van der Waals surface area contributed by atoms with Crippen LogP contribution >= 0.6 is 0 Å². The van der Waals surface area contributed by atoms with Crippen molar-refractivity contribution in [3.63, 3.8) is 0 Å². The van der Waals surface area contributed by atoms with Gasteiger partial charge in [0, 0.05) is 44.3 Å². The number of benzene rings is 1. The molecule has 3 aliphatic rings. The van der Waals surface area contributed by atoms with E-state index in [0.717, 1.165) is 55.1 Å². The number of fused-ring (bicyclic) bond motifs is 1. The number of hydrogen-bond acceptors (Lipinski definition) is 3. The highest BCUT2D eigenvalue weighted by atomic mass is 16.2. The summed E-state index contributed by atoms with van der Waals surface area (Å²) in [6.45, 7) is 9.01. The molecule has 2 heterocycles. The van der Waals surface area contributed by atoms with Crippen LogP contribution in [0.2, 0.25) is 0 Å². The zero-order chi connectivity index (χ0) is 22.0. The molecule has 0 spiro atoms. The Morgan fingerprint density at radius 1 is 1.03 bits per heavy atom. The third-order valence-corrected chi connectivity index (χ3v) is 7.98. The summed E-state index contributed by atoms with van der Waals surface area (Å²) in [5.41, 5.74) is 2.23. The van der Waals surface area contributed by atoms with Crippen molar-refractivity contribution >= 4 is 17.5 Å². The number of likely N-dealkylation sites (tertiary alicyclic amines) is 1. The van der Waals surface area contributed by atoms with Gasteiger partial charge in [-0.15, -0.1) is 0 Å². The van der Waals surface area contributed by atoms with E-state index in [9.17, 15) is 9.59 Å². The molecule has 5 heteroatoms. The van der Waals surface area contributed by atoms with E-state index < -0.39 is 0 Å². The summed E-state index contributed by atoms with van der Waals surface area (Å²) in [4.78, 5) is 29.5. The fraction of sp³-hybridized carbons (Fsp3) is 0.692. The number of rotatable bonds is 6. The molecule has 1 saturated heterocycles. The molecule has 170 valence electrons. The van der Waals surface area contributed by atoms with Crippen LogP contribution in [-0.4, -0.2) is 48.4 Å². The normalized spacial score (nSPS) is 27.5. The SMILES string of the molecule is CC(=O)NCCC1C(=O)N(C2CCN(C3CCC(C(C)C)CC3)CC2)c2ccccc21. The van der Waals surface area contributed by atoms with E-state index in [1.165, 1.54) is 32.6 Å². The number of carbonyl (C=O) groups excluding carboxylic acids is 2. The van der Waals surface area contributed by atoms with Crippen molar-refractivity contribution in [3.05, 3.63) is 29.8 Å². The second-order valence-corrected chi connectivity index (χ2v) is 10.2. The minimum atomic E-state index is -0.132. The van der Waals surface area contributed by atoms with Gasteiger partial charge in [-0.05, 0) is 68.4 Å². The summed E-state index contributed by atoms with van der Waals surface area (Å²) in [6.07, 6.45) is 8.20. The lowest BCUT2D eigenvalue weighted by molar-refractivity contribution is -0.121. The monoisotopic (exact) mass is 425 g/mol. The lowest BCUT2D eigenvalue weighted by Crippen LogP contribution is -2.50. The lowest BCUT2D eigenvalue weighted by atomic mass is 9.79. The van der Waals surface area contributed by atoms with E-state index in [4.69, 9.17) is 0 Å². The Morgan fingerprint density at radius 3 is 2.35 bits per heavy atom. The Labute approximate surface area is 187 Å². The summed E-state index contributed by atoms with van der Waals surface area (Å²) >= 11 is 0. The maximum Gasteiger partial charge on any atom is 0.234 e. The molecular formula is C26H39N3O2. The van der Waals surface area contributed by atoms with Crippen LogP contribution in [0.1, 0.15) is 77.2 Å². The fourth-order valence-corrected chi connectivity index (χ4v) is 6.11. The van der Waals surface area contributed by atoms with Crippen LogP contribution in [-0.2, 0) is 9.59 Å². The van der Waals surface area contributed by atoms with Crippen molar-refractivity contribution in [2.45, 2.75) is 83.7 Å². The summed E-state index contributed by atoms with van der Waals surface area (Å²) in [6, 6.07) is 9.29. The molecule has 1 atom stereocenters. The predicted molar refractivity (Wildman–Crippen MR) is 125 cm³/mol. The smallest absolute Gasteiger partial charge is 0.234 e. The largest absolute Gasteiger partial charge is 0.356 e. The predicted octanol–water partition coefficient (Wildman–Crippen LogP) is 4.32. The average Bonchev–Trinajstić information content (AvgIpc) is 3.05. The fourth-order valence-electron chi connectivity index (χ4n) is 6.11. The van der Waals surface area contributed by atoms with Gasteiger partial charge in [0.2, 0.25) is 11.8 Å². The Kier molecular flexibility index (Phi) is 7.00. The number of carbonyl (C=O) groups is 2. The second-order valence-electron chi connectivity index (χ2n) is 10.2. The van der Waals surface area contributed by atoms with Gasteiger partial charge >= 0.3 is 0 Å². The maximum atomic E-state index is 13.4. The molecule has 2 aliphatic heterocycles. The molecule has 1 aromatic rings. The Hall–Kier alpha value is -1.88. The molecule has 1 N–H and O–H groups in total. The lowest BCUT2D eigenvalue weighted by Gasteiger charge is -2.43. The second kappa shape index (κ2) is 9.72. The molecule has 1 unspecified atom stereocenters. The number of hydrogen-bond donors (Lipinski definition) is 1. The van der Waals surface area contributed by atoms with Crippen LogP contribution < -0.4 is 10.2 Å². The highest BCUT2D eigenvalue weighted by Gasteiger charge is 2.41. The van der Waals surface area contributed by atoms with E-state index in [1.807, 2.05) is 12.1 Å². The van der Waals surface area contributed by atoms with Gasteiger partial charge in [-0.1, -0.05) is 32.0 Å². The van der Waals surface area contributed by atoms with Crippen molar-refractivity contribution in [1.82, 2.24) is 10.2 Å². The van der Waals surface area contributed by atoms with Gasteiger partial charge in [0.05, 0.1) is 5.92 Å². The first kappa shape index (κ1) is 22.3. The van der Waals surface area contributed by atoms with Crippen molar-refractivity contribution in [1.29, 1.82) is 0 Å². The number of anilines is 1. The Bertz CT molecular complexity index is 777. The first-order chi connectivity index (χ1) is 15.0. The third kappa shape index (κ3) is 4.82. The molecule has 1 saturated carbocycles. The molecule has 0 aromatic heterocycles. The average molecular weight is 426 g/mol. The number of nitrogens with one attached hydrogen (secondary N) is 1. The number of piperidine rings is 1. The Balaban J connectivity index is 1.37. The van der Waals surface area contributed by atoms with Gasteiger partial charge in [-0.3, -0.25) is 9.59 Å². The standard InChI is InChI=1S/C26H39N3O2/c1-18(2)20-8-10-21(11-9-20)28-16-13-22(14-17-28)29-25-7-5-4-6-23(25)24(26(29)31)12-15-27-19(3)30/h4-7,18,20-22,24H,8-17H2,1-3H3,(H,27,30). The van der Waals surface area contributed by atoms with Crippen molar-refractivity contribution in [2.75, 3.05) is 24.5 Å². The van der Waals surface area contributed by atoms with Crippen LogP contribution in [0, 0.1) is 11.8 Å². The van der Waals surface area contributed by atoms with Gasteiger partial charge in [0.1, 0.15) is 0 Å². The van der Waals surface area contributed by atoms with Crippen molar-refractivity contribution in [2.24, 2.45) is 11.8 Å². The summed E-state index contributed by atoms with van der Waals surface area (Å²) in [7, 11) is 0. The molecular weight excluding hydrogens is 386 g/mol. The van der Waals surface area contributed by atoms with Crippen molar-refractivity contribution < 1.29 is 9.59 Å². The van der Waals surface area contributed by atoms with E-state index >= 15 is 0 Å². The van der Waals surface area contributed by atoms with Crippen LogP contribution in [0.15, 0.2) is 24.3 Å². The molecule has 2 amide bonds. The molecule has 1 aromatic carbocycles. The van der Waals surface area contributed by atoms with Crippen LogP contribution in [0.5, 0.6) is 0 Å². The van der Waals surface area contributed by atoms with E-state index in [2.05, 4.69) is 41.1 Å². The zero-order valence-electron chi connectivity index (χ0n) is 19.5. The van der Waals surface area contributed by atoms with E-state index in [0.29, 0.717) is 19.0 Å². The minimum Gasteiger partial charge on any atom is -0.356 e. The highest BCUT2D eigenvalue weighted by molar-refractivity contribution is 6.05. The van der Waals surface area contributed by atoms with Crippen LogP contribution in [0.25, 0.3) is 0 Å². The van der Waals surface area contributed by atoms with E-state index in [1.54, 1.807) is 0 Å². The van der Waals surface area contributed by atoms with Crippen molar-refractivity contribution in [3.8, 4) is 0 Å². The topological polar surface area (TPSA) is 52.7 Å². The summed E-state index contributed by atoms with van der Waals surface area (Å²) < 4.78 is 0. The summed E-state index contributed by atoms with van der Waals surface area (Å²) in [5, 5.41) is 2.85.